The van der Waals surface area contributed by atoms with Gasteiger partial charge in [0, 0.05) is 19.4 Å². The number of rotatable bonds is 7. The molecule has 6 heteroatoms. The maximum absolute atomic E-state index is 11.9. The van der Waals surface area contributed by atoms with Crippen LogP contribution < -0.4 is 10.1 Å². The zero-order valence-electron chi connectivity index (χ0n) is 12.1. The van der Waals surface area contributed by atoms with E-state index in [1.54, 1.807) is 19.2 Å². The van der Waals surface area contributed by atoms with Gasteiger partial charge in [0.15, 0.2) is 5.78 Å². The monoisotopic (exact) mass is 337 g/mol. The Labute approximate surface area is 138 Å². The van der Waals surface area contributed by atoms with Crippen molar-refractivity contribution in [2.75, 3.05) is 7.11 Å². The molecule has 0 aliphatic heterocycles. The predicted octanol–water partition coefficient (Wildman–Crippen LogP) is 3.69. The van der Waals surface area contributed by atoms with Gasteiger partial charge in [-0.2, -0.15) is 0 Å². The molecular weight excluding hydrogens is 322 g/mol. The average molecular weight is 338 g/mol. The number of hydrogen-bond acceptors (Lipinski definition) is 4. The van der Waals surface area contributed by atoms with E-state index in [4.69, 9.17) is 16.3 Å². The van der Waals surface area contributed by atoms with Crippen LogP contribution in [-0.4, -0.2) is 18.8 Å². The minimum atomic E-state index is -0.146. The Morgan fingerprint density at radius 3 is 2.45 bits per heavy atom. The lowest BCUT2D eigenvalue weighted by atomic mass is 10.1. The molecule has 2 rings (SSSR count). The molecule has 1 aromatic heterocycles. The van der Waals surface area contributed by atoms with E-state index in [9.17, 15) is 9.59 Å². The first-order valence-corrected chi connectivity index (χ1v) is 7.96. The minimum Gasteiger partial charge on any atom is -0.497 e. The summed E-state index contributed by atoms with van der Waals surface area (Å²) in [6.45, 7) is 0.432. The van der Waals surface area contributed by atoms with Crippen LogP contribution in [0, 0.1) is 0 Å². The van der Waals surface area contributed by atoms with E-state index in [0.717, 1.165) is 11.3 Å². The van der Waals surface area contributed by atoms with Gasteiger partial charge in [-0.05, 0) is 29.8 Å². The van der Waals surface area contributed by atoms with Gasteiger partial charge >= 0.3 is 0 Å². The third-order valence-corrected chi connectivity index (χ3v) is 4.35. The highest BCUT2D eigenvalue weighted by Gasteiger charge is 2.11. The molecule has 2 aromatic rings. The number of ketones is 1. The Hall–Kier alpha value is -1.85. The molecule has 0 aliphatic carbocycles. The number of benzene rings is 1. The lowest BCUT2D eigenvalue weighted by Gasteiger charge is -2.06. The fourth-order valence-electron chi connectivity index (χ4n) is 1.85. The van der Waals surface area contributed by atoms with Gasteiger partial charge < -0.3 is 10.1 Å². The smallest absolute Gasteiger partial charge is 0.220 e. The lowest BCUT2D eigenvalue weighted by molar-refractivity contribution is -0.121. The number of thiophene rings is 1. The van der Waals surface area contributed by atoms with Gasteiger partial charge in [-0.25, -0.2) is 0 Å². The first kappa shape index (κ1) is 16.5. The van der Waals surface area contributed by atoms with Crippen LogP contribution in [0.4, 0.5) is 0 Å². The number of nitrogens with one attached hydrogen (secondary N) is 1. The molecule has 0 atom stereocenters. The third kappa shape index (κ3) is 4.86. The molecule has 1 aromatic carbocycles. The van der Waals surface area contributed by atoms with Crippen molar-refractivity contribution in [1.29, 1.82) is 0 Å². The summed E-state index contributed by atoms with van der Waals surface area (Å²) in [5.41, 5.74) is 0.977. The second kappa shape index (κ2) is 7.96. The van der Waals surface area contributed by atoms with Crippen LogP contribution >= 0.6 is 22.9 Å². The topological polar surface area (TPSA) is 55.4 Å². The van der Waals surface area contributed by atoms with Gasteiger partial charge in [0.2, 0.25) is 5.91 Å². The fraction of sp³-hybridized carbons (Fsp3) is 0.250. The predicted molar refractivity (Wildman–Crippen MR) is 87.7 cm³/mol. The summed E-state index contributed by atoms with van der Waals surface area (Å²) in [5.74, 6) is 0.568. The van der Waals surface area contributed by atoms with Crippen LogP contribution in [0.15, 0.2) is 36.4 Å². The normalized spacial score (nSPS) is 10.3. The molecular formula is C16H16ClNO3S. The summed E-state index contributed by atoms with van der Waals surface area (Å²) in [4.78, 5) is 24.2. The molecule has 0 radical (unpaired) electrons. The van der Waals surface area contributed by atoms with E-state index >= 15 is 0 Å². The van der Waals surface area contributed by atoms with Crippen molar-refractivity contribution in [2.24, 2.45) is 0 Å². The number of amides is 1. The summed E-state index contributed by atoms with van der Waals surface area (Å²) in [6, 6.07) is 10.8. The number of carbonyl (C=O) groups excluding carboxylic acids is 2. The summed E-state index contributed by atoms with van der Waals surface area (Å²) in [7, 11) is 1.61. The second-order valence-corrected chi connectivity index (χ2v) is 6.37. The molecule has 0 aliphatic rings. The standard InChI is InChI=1S/C16H16ClNO3S/c1-21-12-4-2-11(3-5-12)10-18-16(20)9-6-13(19)14-7-8-15(17)22-14/h2-5,7-8H,6,9-10H2,1H3,(H,18,20). The molecule has 0 fully saturated rings. The quantitative estimate of drug-likeness (QED) is 0.784. The molecule has 1 heterocycles. The van der Waals surface area contributed by atoms with Crippen LogP contribution in [-0.2, 0) is 11.3 Å². The third-order valence-electron chi connectivity index (χ3n) is 3.08. The zero-order chi connectivity index (χ0) is 15.9. The highest BCUT2D eigenvalue weighted by molar-refractivity contribution is 7.18. The first-order chi connectivity index (χ1) is 10.6. The number of Topliss-reactive ketones (excluding diaryl/α,β-unsaturated/α-hetero) is 1. The maximum Gasteiger partial charge on any atom is 0.220 e. The Morgan fingerprint density at radius 1 is 1.14 bits per heavy atom. The Kier molecular flexibility index (Phi) is 5.98. The molecule has 1 N–H and O–H groups in total. The Bertz CT molecular complexity index is 652. The molecule has 4 nitrogen and oxygen atoms in total. The second-order valence-electron chi connectivity index (χ2n) is 4.65. The number of hydrogen-bond donors (Lipinski definition) is 1. The highest BCUT2D eigenvalue weighted by Crippen LogP contribution is 2.22. The maximum atomic E-state index is 11.9. The average Bonchev–Trinajstić information content (AvgIpc) is 2.97. The largest absolute Gasteiger partial charge is 0.497 e. The fourth-order valence-corrected chi connectivity index (χ4v) is 2.86. The lowest BCUT2D eigenvalue weighted by Crippen LogP contribution is -2.23. The summed E-state index contributed by atoms with van der Waals surface area (Å²) in [6.07, 6.45) is 0.357. The van der Waals surface area contributed by atoms with Gasteiger partial charge in [-0.15, -0.1) is 11.3 Å². The van der Waals surface area contributed by atoms with E-state index in [1.807, 2.05) is 24.3 Å². The van der Waals surface area contributed by atoms with Gasteiger partial charge in [0.1, 0.15) is 5.75 Å². The van der Waals surface area contributed by atoms with E-state index in [-0.39, 0.29) is 24.5 Å². The molecule has 116 valence electrons. The van der Waals surface area contributed by atoms with Crippen molar-refractivity contribution in [3.05, 3.63) is 51.2 Å². The number of carbonyl (C=O) groups is 2. The van der Waals surface area contributed by atoms with Crippen LogP contribution in [0.5, 0.6) is 5.75 Å². The highest BCUT2D eigenvalue weighted by atomic mass is 35.5. The molecule has 0 saturated carbocycles. The summed E-state index contributed by atoms with van der Waals surface area (Å²) in [5, 5.41) is 2.79. The summed E-state index contributed by atoms with van der Waals surface area (Å²) < 4.78 is 5.65. The Balaban J connectivity index is 1.74. The van der Waals surface area contributed by atoms with Crippen LogP contribution in [0.2, 0.25) is 4.34 Å². The molecule has 0 spiro atoms. The molecule has 22 heavy (non-hydrogen) atoms. The van der Waals surface area contributed by atoms with Crippen LogP contribution in [0.25, 0.3) is 0 Å². The SMILES string of the molecule is COc1ccc(CNC(=O)CCC(=O)c2ccc(Cl)s2)cc1. The van der Waals surface area contributed by atoms with Crippen molar-refractivity contribution in [3.63, 3.8) is 0 Å². The van der Waals surface area contributed by atoms with Gasteiger partial charge in [-0.3, -0.25) is 9.59 Å². The zero-order valence-corrected chi connectivity index (χ0v) is 13.7. The minimum absolute atomic E-state index is 0.0588. The molecule has 0 bridgehead atoms. The molecule has 1 amide bonds. The van der Waals surface area contributed by atoms with E-state index in [1.165, 1.54) is 11.3 Å². The number of ether oxygens (including phenoxy) is 1. The van der Waals surface area contributed by atoms with Crippen LogP contribution in [0.3, 0.4) is 0 Å². The van der Waals surface area contributed by atoms with Crippen molar-refractivity contribution in [3.8, 4) is 5.75 Å². The molecule has 0 unspecified atom stereocenters. The van der Waals surface area contributed by atoms with Crippen molar-refractivity contribution in [1.82, 2.24) is 5.32 Å². The van der Waals surface area contributed by atoms with E-state index < -0.39 is 0 Å². The summed E-state index contributed by atoms with van der Waals surface area (Å²) >= 11 is 7.02. The first-order valence-electron chi connectivity index (χ1n) is 6.76. The Morgan fingerprint density at radius 2 is 1.86 bits per heavy atom. The number of halogens is 1. The van der Waals surface area contributed by atoms with Crippen molar-refractivity contribution < 1.29 is 14.3 Å². The van der Waals surface area contributed by atoms with E-state index in [0.29, 0.717) is 15.8 Å². The number of methoxy groups -OCH3 is 1. The van der Waals surface area contributed by atoms with Crippen molar-refractivity contribution >= 4 is 34.6 Å². The van der Waals surface area contributed by atoms with Crippen LogP contribution in [0.1, 0.15) is 28.1 Å². The van der Waals surface area contributed by atoms with Gasteiger partial charge in [-0.1, -0.05) is 23.7 Å². The van der Waals surface area contributed by atoms with E-state index in [2.05, 4.69) is 5.32 Å². The molecule has 0 saturated heterocycles. The van der Waals surface area contributed by atoms with Gasteiger partial charge in [0.05, 0.1) is 16.3 Å². The van der Waals surface area contributed by atoms with Gasteiger partial charge in [0.25, 0.3) is 0 Å². The van der Waals surface area contributed by atoms with Crippen molar-refractivity contribution in [2.45, 2.75) is 19.4 Å².